The molecule has 0 bridgehead atoms. The van der Waals surface area contributed by atoms with Crippen LogP contribution in [0.25, 0.3) is 0 Å². The smallest absolute Gasteiger partial charge is 0.225 e. The minimum Gasteiger partial charge on any atom is -0.339 e. The van der Waals surface area contributed by atoms with E-state index in [0.717, 1.165) is 6.54 Å². The van der Waals surface area contributed by atoms with Crippen molar-refractivity contribution in [3.63, 3.8) is 0 Å². The zero-order valence-electron chi connectivity index (χ0n) is 11.7. The van der Waals surface area contributed by atoms with E-state index >= 15 is 0 Å². The van der Waals surface area contributed by atoms with Crippen molar-refractivity contribution in [3.8, 4) is 0 Å². The van der Waals surface area contributed by atoms with Gasteiger partial charge in [-0.1, -0.05) is 41.5 Å². The van der Waals surface area contributed by atoms with Crippen LogP contribution in [0.15, 0.2) is 0 Å². The molecule has 0 spiro atoms. The van der Waals surface area contributed by atoms with Crippen molar-refractivity contribution in [2.24, 2.45) is 23.7 Å². The van der Waals surface area contributed by atoms with Gasteiger partial charge in [0.15, 0.2) is 0 Å². The van der Waals surface area contributed by atoms with Crippen LogP contribution in [0, 0.1) is 23.7 Å². The monoisotopic (exact) mass is 225 g/mol. The summed E-state index contributed by atoms with van der Waals surface area (Å²) in [5.41, 5.74) is 0. The second-order valence-electron chi connectivity index (χ2n) is 6.12. The summed E-state index contributed by atoms with van der Waals surface area (Å²) in [7, 11) is 0. The van der Waals surface area contributed by atoms with Crippen molar-refractivity contribution in [3.05, 3.63) is 0 Å². The number of carbonyl (C=O) groups is 1. The minimum atomic E-state index is 0.132. The van der Waals surface area contributed by atoms with Gasteiger partial charge in [0.2, 0.25) is 5.91 Å². The van der Waals surface area contributed by atoms with E-state index in [1.54, 1.807) is 0 Å². The Hall–Kier alpha value is -0.530. The first-order valence-corrected chi connectivity index (χ1v) is 6.66. The highest BCUT2D eigenvalue weighted by Crippen LogP contribution is 2.35. The van der Waals surface area contributed by atoms with Crippen LogP contribution in [-0.4, -0.2) is 23.4 Å². The van der Waals surface area contributed by atoms with Gasteiger partial charge in [-0.2, -0.15) is 0 Å². The first-order chi connectivity index (χ1) is 7.36. The Morgan fingerprint density at radius 3 is 2.00 bits per heavy atom. The van der Waals surface area contributed by atoms with E-state index in [1.165, 1.54) is 6.42 Å². The van der Waals surface area contributed by atoms with Gasteiger partial charge < -0.3 is 4.90 Å². The van der Waals surface area contributed by atoms with E-state index in [0.29, 0.717) is 29.7 Å². The first kappa shape index (κ1) is 13.5. The molecule has 1 aliphatic rings. The largest absolute Gasteiger partial charge is 0.339 e. The number of hydrogen-bond donors (Lipinski definition) is 0. The molecule has 0 unspecified atom stereocenters. The highest BCUT2D eigenvalue weighted by atomic mass is 16.2. The lowest BCUT2D eigenvalue weighted by atomic mass is 9.83. The van der Waals surface area contributed by atoms with E-state index in [1.807, 2.05) is 13.8 Å². The van der Waals surface area contributed by atoms with Crippen molar-refractivity contribution in [2.45, 2.75) is 54.0 Å². The molecular weight excluding hydrogens is 198 g/mol. The van der Waals surface area contributed by atoms with Crippen LogP contribution < -0.4 is 0 Å². The van der Waals surface area contributed by atoms with E-state index in [4.69, 9.17) is 0 Å². The van der Waals surface area contributed by atoms with Crippen LogP contribution in [0.3, 0.4) is 0 Å². The summed E-state index contributed by atoms with van der Waals surface area (Å²) < 4.78 is 0. The maximum atomic E-state index is 12.2. The Kier molecular flexibility index (Phi) is 4.40. The molecule has 1 fully saturated rings. The van der Waals surface area contributed by atoms with Gasteiger partial charge in [0.05, 0.1) is 0 Å². The standard InChI is InChI=1S/C14H27NO/c1-9(2)12-7-8-15(13(12)10(3)4)14(16)11(5)6/h9-13H,7-8H2,1-6H3/t12-,13+/m1/s1. The molecule has 2 nitrogen and oxygen atoms in total. The van der Waals surface area contributed by atoms with Crippen LogP contribution in [0.5, 0.6) is 0 Å². The van der Waals surface area contributed by atoms with E-state index in [2.05, 4.69) is 32.6 Å². The molecule has 1 saturated heterocycles. The van der Waals surface area contributed by atoms with Gasteiger partial charge in [-0.15, -0.1) is 0 Å². The zero-order chi connectivity index (χ0) is 12.5. The molecule has 0 N–H and O–H groups in total. The van der Waals surface area contributed by atoms with E-state index < -0.39 is 0 Å². The molecule has 2 heteroatoms. The minimum absolute atomic E-state index is 0.132. The van der Waals surface area contributed by atoms with Gasteiger partial charge in [-0.05, 0) is 24.2 Å². The molecule has 0 aromatic heterocycles. The number of rotatable bonds is 3. The Labute approximate surface area is 100 Å². The maximum absolute atomic E-state index is 12.2. The van der Waals surface area contributed by atoms with E-state index in [-0.39, 0.29) is 5.92 Å². The number of likely N-dealkylation sites (tertiary alicyclic amines) is 1. The average Bonchev–Trinajstić information content (AvgIpc) is 2.60. The van der Waals surface area contributed by atoms with Crippen molar-refractivity contribution in [1.82, 2.24) is 4.90 Å². The molecule has 16 heavy (non-hydrogen) atoms. The fourth-order valence-electron chi connectivity index (χ4n) is 3.01. The third-order valence-corrected chi connectivity index (χ3v) is 3.82. The summed E-state index contributed by atoms with van der Waals surface area (Å²) in [5.74, 6) is 2.40. The van der Waals surface area contributed by atoms with Crippen LogP contribution in [0.1, 0.15) is 48.0 Å². The van der Waals surface area contributed by atoms with Gasteiger partial charge in [0.1, 0.15) is 0 Å². The van der Waals surface area contributed by atoms with Gasteiger partial charge in [-0.25, -0.2) is 0 Å². The molecule has 0 aliphatic carbocycles. The fraction of sp³-hybridized carbons (Fsp3) is 0.929. The summed E-state index contributed by atoms with van der Waals surface area (Å²) in [4.78, 5) is 14.3. The summed E-state index contributed by atoms with van der Waals surface area (Å²) in [6.45, 7) is 14.0. The first-order valence-electron chi connectivity index (χ1n) is 6.66. The number of hydrogen-bond acceptors (Lipinski definition) is 1. The van der Waals surface area contributed by atoms with Crippen molar-refractivity contribution >= 4 is 5.91 Å². The number of nitrogens with zero attached hydrogens (tertiary/aromatic N) is 1. The molecule has 0 saturated carbocycles. The average molecular weight is 225 g/mol. The van der Waals surface area contributed by atoms with Gasteiger partial charge >= 0.3 is 0 Å². The predicted molar refractivity (Wildman–Crippen MR) is 68.1 cm³/mol. The highest BCUT2D eigenvalue weighted by molar-refractivity contribution is 5.78. The topological polar surface area (TPSA) is 20.3 Å². The Balaban J connectivity index is 2.84. The quantitative estimate of drug-likeness (QED) is 0.722. The SMILES string of the molecule is CC(C)C(=O)N1CC[C@H](C(C)C)[C@@H]1C(C)C. The van der Waals surface area contributed by atoms with Crippen molar-refractivity contribution < 1.29 is 4.79 Å². The zero-order valence-corrected chi connectivity index (χ0v) is 11.7. The van der Waals surface area contributed by atoms with Gasteiger partial charge in [0.25, 0.3) is 0 Å². The molecule has 0 aromatic carbocycles. The maximum Gasteiger partial charge on any atom is 0.225 e. The summed E-state index contributed by atoms with van der Waals surface area (Å²) in [5, 5.41) is 0. The third kappa shape index (κ3) is 2.58. The molecule has 0 aromatic rings. The lowest BCUT2D eigenvalue weighted by molar-refractivity contribution is -0.136. The second-order valence-corrected chi connectivity index (χ2v) is 6.12. The van der Waals surface area contributed by atoms with Crippen LogP contribution in [-0.2, 0) is 4.79 Å². The summed E-state index contributed by atoms with van der Waals surface area (Å²) >= 11 is 0. The van der Waals surface area contributed by atoms with Crippen molar-refractivity contribution in [2.75, 3.05) is 6.54 Å². The van der Waals surface area contributed by atoms with Gasteiger partial charge in [-0.3, -0.25) is 4.79 Å². The van der Waals surface area contributed by atoms with Crippen LogP contribution in [0.4, 0.5) is 0 Å². The Bertz CT molecular complexity index is 245. The fourth-order valence-corrected chi connectivity index (χ4v) is 3.01. The molecule has 1 heterocycles. The number of carbonyl (C=O) groups excluding carboxylic acids is 1. The Morgan fingerprint density at radius 1 is 1.06 bits per heavy atom. The predicted octanol–water partition coefficient (Wildman–Crippen LogP) is 3.17. The lowest BCUT2D eigenvalue weighted by Crippen LogP contribution is -2.44. The molecular formula is C14H27NO. The van der Waals surface area contributed by atoms with Gasteiger partial charge in [0, 0.05) is 18.5 Å². The Morgan fingerprint density at radius 2 is 1.62 bits per heavy atom. The highest BCUT2D eigenvalue weighted by Gasteiger charge is 2.40. The normalized spacial score (nSPS) is 26.2. The number of amides is 1. The second kappa shape index (κ2) is 5.20. The molecule has 2 atom stereocenters. The molecule has 1 amide bonds. The molecule has 1 rings (SSSR count). The van der Waals surface area contributed by atoms with Crippen LogP contribution in [0.2, 0.25) is 0 Å². The summed E-state index contributed by atoms with van der Waals surface area (Å²) in [6.07, 6.45) is 1.18. The molecule has 1 aliphatic heterocycles. The third-order valence-electron chi connectivity index (χ3n) is 3.82. The lowest BCUT2D eigenvalue weighted by Gasteiger charge is -2.34. The van der Waals surface area contributed by atoms with Crippen molar-refractivity contribution in [1.29, 1.82) is 0 Å². The van der Waals surface area contributed by atoms with E-state index in [9.17, 15) is 4.79 Å². The molecule has 0 radical (unpaired) electrons. The molecule has 94 valence electrons. The van der Waals surface area contributed by atoms with Crippen LogP contribution >= 0.6 is 0 Å². The summed E-state index contributed by atoms with van der Waals surface area (Å²) in [6, 6.07) is 0.454.